The van der Waals surface area contributed by atoms with E-state index in [4.69, 9.17) is 4.98 Å². The second-order valence-corrected chi connectivity index (χ2v) is 4.82. The normalized spacial score (nSPS) is 11.4. The number of nitrogens with one attached hydrogen (secondary N) is 1. The van der Waals surface area contributed by atoms with E-state index in [1.54, 1.807) is 0 Å². The highest BCUT2D eigenvalue weighted by molar-refractivity contribution is 5.84. The minimum Gasteiger partial charge on any atom is -0.199 e. The first-order valence-electron chi connectivity index (χ1n) is 6.83. The van der Waals surface area contributed by atoms with Gasteiger partial charge in [0, 0.05) is 5.56 Å². The van der Waals surface area contributed by atoms with Gasteiger partial charge in [0.1, 0.15) is 12.1 Å². The summed E-state index contributed by atoms with van der Waals surface area (Å²) in [4.78, 5) is 4.77. The molecule has 0 atom stereocenters. The van der Waals surface area contributed by atoms with Gasteiger partial charge in [0.25, 0.3) is 5.65 Å². The Morgan fingerprint density at radius 2 is 1.80 bits per heavy atom. The topological polar surface area (TPSA) is 37.0 Å². The maximum Gasteiger partial charge on any atom is 0.295 e. The van der Waals surface area contributed by atoms with Crippen molar-refractivity contribution in [3.63, 3.8) is 0 Å². The number of aryl methyl sites for hydroxylation is 1. The summed E-state index contributed by atoms with van der Waals surface area (Å²) in [5, 5.41) is 3.41. The highest BCUT2D eigenvalue weighted by Gasteiger charge is 2.23. The Morgan fingerprint density at radius 3 is 2.60 bits per heavy atom. The van der Waals surface area contributed by atoms with E-state index >= 15 is 0 Å². The molecule has 0 unspecified atom stereocenters. The SMILES string of the molecule is CC[n+]1[nH]n2c(nc3ccccc32)c1-c1ccccc1. The molecule has 0 saturated heterocycles. The minimum absolute atomic E-state index is 0.877. The lowest BCUT2D eigenvalue weighted by molar-refractivity contribution is -0.741. The summed E-state index contributed by atoms with van der Waals surface area (Å²) in [6, 6.07) is 18.6. The van der Waals surface area contributed by atoms with Crippen LogP contribution in [0.3, 0.4) is 0 Å². The van der Waals surface area contributed by atoms with Crippen LogP contribution in [0.25, 0.3) is 27.9 Å². The molecule has 0 fully saturated rings. The molecule has 20 heavy (non-hydrogen) atoms. The number of rotatable bonds is 2. The fraction of sp³-hybridized carbons (Fsp3) is 0.125. The summed E-state index contributed by atoms with van der Waals surface area (Å²) in [6.45, 7) is 3.01. The first-order valence-corrected chi connectivity index (χ1v) is 6.83. The van der Waals surface area contributed by atoms with Crippen molar-refractivity contribution in [2.24, 2.45) is 0 Å². The van der Waals surface area contributed by atoms with E-state index in [1.807, 2.05) is 24.3 Å². The molecule has 4 heteroatoms. The quantitative estimate of drug-likeness (QED) is 0.555. The lowest BCUT2D eigenvalue weighted by Gasteiger charge is -1.97. The Morgan fingerprint density at radius 1 is 1.05 bits per heavy atom. The smallest absolute Gasteiger partial charge is 0.199 e. The molecule has 0 aliphatic carbocycles. The van der Waals surface area contributed by atoms with Crippen molar-refractivity contribution >= 4 is 16.7 Å². The van der Waals surface area contributed by atoms with Crippen LogP contribution in [0.15, 0.2) is 54.6 Å². The largest absolute Gasteiger partial charge is 0.295 e. The van der Waals surface area contributed by atoms with Crippen molar-refractivity contribution in [1.82, 2.24) is 14.7 Å². The van der Waals surface area contributed by atoms with Crippen molar-refractivity contribution in [2.75, 3.05) is 0 Å². The van der Waals surface area contributed by atoms with Gasteiger partial charge in [0.15, 0.2) is 5.52 Å². The second kappa shape index (κ2) is 4.20. The number of fused-ring (bicyclic) bond motifs is 3. The summed E-state index contributed by atoms with van der Waals surface area (Å²) in [5.74, 6) is 0. The number of benzene rings is 2. The van der Waals surface area contributed by atoms with Gasteiger partial charge in [-0.1, -0.05) is 47.7 Å². The van der Waals surface area contributed by atoms with Gasteiger partial charge in [-0.25, -0.2) is 0 Å². The minimum atomic E-state index is 0.877. The Balaban J connectivity index is 2.12. The predicted octanol–water partition coefficient (Wildman–Crippen LogP) is 2.79. The molecule has 1 N–H and O–H groups in total. The van der Waals surface area contributed by atoms with Gasteiger partial charge in [-0.15, -0.1) is 4.52 Å². The number of hydrogen-bond acceptors (Lipinski definition) is 1. The zero-order valence-corrected chi connectivity index (χ0v) is 11.2. The van der Waals surface area contributed by atoms with Gasteiger partial charge < -0.3 is 0 Å². The van der Waals surface area contributed by atoms with Crippen LogP contribution in [0.1, 0.15) is 6.92 Å². The van der Waals surface area contributed by atoms with Crippen molar-refractivity contribution in [3.8, 4) is 11.3 Å². The summed E-state index contributed by atoms with van der Waals surface area (Å²) >= 11 is 0. The van der Waals surface area contributed by atoms with E-state index in [0.717, 1.165) is 28.9 Å². The first kappa shape index (κ1) is 11.2. The molecular formula is C16H15N4+. The zero-order chi connectivity index (χ0) is 13.5. The van der Waals surface area contributed by atoms with Crippen LogP contribution >= 0.6 is 0 Å². The number of para-hydroxylation sites is 2. The molecule has 4 nitrogen and oxygen atoms in total. The highest BCUT2D eigenvalue weighted by Crippen LogP contribution is 2.23. The molecule has 0 radical (unpaired) electrons. The van der Waals surface area contributed by atoms with Gasteiger partial charge in [0.2, 0.25) is 5.69 Å². The van der Waals surface area contributed by atoms with Crippen molar-refractivity contribution < 1.29 is 4.68 Å². The number of nitrogens with zero attached hydrogens (tertiary/aromatic N) is 3. The molecule has 4 rings (SSSR count). The summed E-state index contributed by atoms with van der Waals surface area (Å²) in [7, 11) is 0. The second-order valence-electron chi connectivity index (χ2n) is 4.82. The van der Waals surface area contributed by atoms with Crippen LogP contribution < -0.4 is 4.68 Å². The lowest BCUT2D eigenvalue weighted by Crippen LogP contribution is -2.37. The zero-order valence-electron chi connectivity index (χ0n) is 11.2. The average Bonchev–Trinajstić information content (AvgIpc) is 3.03. The Hall–Kier alpha value is -2.62. The molecule has 2 aromatic carbocycles. The molecule has 2 aromatic heterocycles. The van der Waals surface area contributed by atoms with Gasteiger partial charge in [0.05, 0.1) is 0 Å². The van der Waals surface area contributed by atoms with Crippen LogP contribution in [0, 0.1) is 0 Å². The third-order valence-electron chi connectivity index (χ3n) is 3.63. The molecule has 2 heterocycles. The predicted molar refractivity (Wildman–Crippen MR) is 78.4 cm³/mol. The van der Waals surface area contributed by atoms with E-state index in [2.05, 4.69) is 51.7 Å². The molecule has 0 bridgehead atoms. The van der Waals surface area contributed by atoms with E-state index in [1.165, 1.54) is 5.56 Å². The van der Waals surface area contributed by atoms with Crippen LogP contribution in [0.5, 0.6) is 0 Å². The van der Waals surface area contributed by atoms with E-state index < -0.39 is 0 Å². The van der Waals surface area contributed by atoms with E-state index in [0.29, 0.717) is 0 Å². The standard InChI is InChI=1S/C16H15N4/c1-2-19-15(12-8-4-3-5-9-12)16-17-13-10-6-7-11-14(13)20(16)18-19/h3-11,18H,2H2,1H3/q+1. The van der Waals surface area contributed by atoms with Crippen LogP contribution in [-0.4, -0.2) is 14.7 Å². The summed E-state index contributed by atoms with van der Waals surface area (Å²) < 4.78 is 4.19. The maximum atomic E-state index is 4.77. The number of aromatic amines is 1. The maximum absolute atomic E-state index is 4.77. The fourth-order valence-electron chi connectivity index (χ4n) is 2.69. The third kappa shape index (κ3) is 1.48. The summed E-state index contributed by atoms with van der Waals surface area (Å²) in [5.41, 5.74) is 5.39. The molecular weight excluding hydrogens is 248 g/mol. The van der Waals surface area contributed by atoms with Crippen LogP contribution in [0.4, 0.5) is 0 Å². The van der Waals surface area contributed by atoms with E-state index in [-0.39, 0.29) is 0 Å². The van der Waals surface area contributed by atoms with Gasteiger partial charge in [-0.3, -0.25) is 0 Å². The first-order chi connectivity index (χ1) is 9.88. The Kier molecular flexibility index (Phi) is 2.36. The van der Waals surface area contributed by atoms with Crippen molar-refractivity contribution in [3.05, 3.63) is 54.6 Å². The average molecular weight is 263 g/mol. The van der Waals surface area contributed by atoms with Gasteiger partial charge in [-0.2, -0.15) is 9.67 Å². The molecule has 0 saturated carbocycles. The van der Waals surface area contributed by atoms with Crippen LogP contribution in [-0.2, 0) is 6.54 Å². The lowest BCUT2D eigenvalue weighted by atomic mass is 10.1. The van der Waals surface area contributed by atoms with Crippen LogP contribution in [0.2, 0.25) is 0 Å². The van der Waals surface area contributed by atoms with Gasteiger partial charge in [-0.05, 0) is 19.1 Å². The van der Waals surface area contributed by atoms with E-state index in [9.17, 15) is 0 Å². The Bertz CT molecular complexity index is 887. The van der Waals surface area contributed by atoms with Gasteiger partial charge >= 0.3 is 0 Å². The number of aromatic nitrogens is 4. The molecule has 4 aromatic rings. The molecule has 0 amide bonds. The Labute approximate surface area is 116 Å². The number of H-pyrrole nitrogens is 1. The summed E-state index contributed by atoms with van der Waals surface area (Å²) in [6.07, 6.45) is 0. The monoisotopic (exact) mass is 263 g/mol. The highest BCUT2D eigenvalue weighted by atomic mass is 15.5. The molecule has 98 valence electrons. The third-order valence-corrected chi connectivity index (χ3v) is 3.63. The fourth-order valence-corrected chi connectivity index (χ4v) is 2.69. The van der Waals surface area contributed by atoms with Crippen molar-refractivity contribution in [1.29, 1.82) is 0 Å². The number of hydrogen-bond donors (Lipinski definition) is 1. The number of imidazole rings is 1. The molecule has 0 aliphatic heterocycles. The molecule has 0 aliphatic rings. The molecule has 0 spiro atoms. The van der Waals surface area contributed by atoms with Crippen molar-refractivity contribution in [2.45, 2.75) is 13.5 Å².